The fourth-order valence-electron chi connectivity index (χ4n) is 3.21. The zero-order valence-electron chi connectivity index (χ0n) is 17.1. The van der Waals surface area contributed by atoms with Gasteiger partial charge in [0.05, 0.1) is 28.8 Å². The van der Waals surface area contributed by atoms with Crippen molar-refractivity contribution < 1.29 is 27.1 Å². The topological polar surface area (TPSA) is 100 Å². The van der Waals surface area contributed by atoms with Gasteiger partial charge in [-0.05, 0) is 30.3 Å². The summed E-state index contributed by atoms with van der Waals surface area (Å²) in [6, 6.07) is 11.9. The fourth-order valence-corrected chi connectivity index (χ4v) is 5.03. The quantitative estimate of drug-likeness (QED) is 0.438. The van der Waals surface area contributed by atoms with Gasteiger partial charge in [-0.15, -0.1) is 0 Å². The van der Waals surface area contributed by atoms with Gasteiger partial charge in [0.25, 0.3) is 0 Å². The van der Waals surface area contributed by atoms with Crippen molar-refractivity contribution in [3.63, 3.8) is 0 Å². The van der Waals surface area contributed by atoms with Crippen LogP contribution < -0.4 is 9.54 Å². The Labute approximate surface area is 182 Å². The number of amides is 1. The Kier molecular flexibility index (Phi) is 5.69. The van der Waals surface area contributed by atoms with Gasteiger partial charge in [-0.3, -0.25) is 4.79 Å². The van der Waals surface area contributed by atoms with Crippen molar-refractivity contribution >= 4 is 48.3 Å². The summed E-state index contributed by atoms with van der Waals surface area (Å²) in [7, 11) is -0.238. The van der Waals surface area contributed by atoms with Gasteiger partial charge >= 0.3 is 5.91 Å². The Hall–Kier alpha value is -2.95. The number of carbonyl (C=O) groups excluding carboxylic acids is 1. The number of sulfone groups is 1. The van der Waals surface area contributed by atoms with Gasteiger partial charge in [-0.2, -0.15) is 4.99 Å². The van der Waals surface area contributed by atoms with E-state index in [9.17, 15) is 13.2 Å². The van der Waals surface area contributed by atoms with Crippen molar-refractivity contribution in [2.45, 2.75) is 11.4 Å². The van der Waals surface area contributed by atoms with Gasteiger partial charge in [-0.1, -0.05) is 23.5 Å². The number of furan rings is 1. The van der Waals surface area contributed by atoms with Crippen molar-refractivity contribution in [1.29, 1.82) is 0 Å². The molecule has 0 aliphatic rings. The highest BCUT2D eigenvalue weighted by atomic mass is 32.2. The van der Waals surface area contributed by atoms with Crippen LogP contribution in [0.15, 0.2) is 56.8 Å². The first-order chi connectivity index (χ1) is 14.8. The first-order valence-electron chi connectivity index (χ1n) is 9.30. The number of rotatable bonds is 6. The minimum Gasteiger partial charge on any atom is -0.493 e. The van der Waals surface area contributed by atoms with Crippen LogP contribution in [0.3, 0.4) is 0 Å². The molecule has 10 heteroatoms. The first-order valence-corrected chi connectivity index (χ1v) is 12.0. The van der Waals surface area contributed by atoms with E-state index in [1.165, 1.54) is 18.4 Å². The van der Waals surface area contributed by atoms with E-state index in [1.807, 2.05) is 16.7 Å². The van der Waals surface area contributed by atoms with E-state index in [0.29, 0.717) is 34.0 Å². The Morgan fingerprint density at radius 3 is 2.71 bits per heavy atom. The minimum atomic E-state index is -3.35. The number of ether oxygens (including phenoxy) is 2. The average Bonchev–Trinajstić information content (AvgIpc) is 3.32. The monoisotopic (exact) mass is 460 g/mol. The second-order valence-electron chi connectivity index (χ2n) is 6.84. The number of hydrogen-bond donors (Lipinski definition) is 0. The summed E-state index contributed by atoms with van der Waals surface area (Å²) in [5, 5.41) is 0.735. The van der Waals surface area contributed by atoms with Crippen LogP contribution in [-0.4, -0.2) is 46.0 Å². The molecule has 4 aromatic rings. The van der Waals surface area contributed by atoms with Crippen LogP contribution in [0.5, 0.6) is 5.75 Å². The highest BCUT2D eigenvalue weighted by molar-refractivity contribution is 7.90. The molecule has 0 unspecified atom stereocenters. The Morgan fingerprint density at radius 2 is 2.00 bits per heavy atom. The summed E-state index contributed by atoms with van der Waals surface area (Å²) >= 11 is 1.23. The molecule has 31 heavy (non-hydrogen) atoms. The smallest absolute Gasteiger partial charge is 0.315 e. The van der Waals surface area contributed by atoms with Crippen LogP contribution in [-0.2, 0) is 21.1 Å². The normalized spacial score (nSPS) is 12.7. The molecule has 0 bridgehead atoms. The molecule has 0 atom stereocenters. The van der Waals surface area contributed by atoms with E-state index >= 15 is 0 Å². The second-order valence-corrected chi connectivity index (χ2v) is 9.86. The van der Waals surface area contributed by atoms with E-state index in [1.54, 1.807) is 37.4 Å². The summed E-state index contributed by atoms with van der Waals surface area (Å²) in [5.74, 6) is 0.0771. The molecule has 1 amide bonds. The standard InChI is InChI=1S/C21H20N2O6S2/c1-27-10-9-23-15-8-7-14(31(3,25)26)12-18(15)30-21(23)22-20(24)17-11-13-5-4-6-16(28-2)19(13)29-17/h4-8,11-12H,9-10H2,1-3H3. The maximum Gasteiger partial charge on any atom is 0.315 e. The number of benzene rings is 2. The molecule has 4 rings (SSSR count). The highest BCUT2D eigenvalue weighted by Gasteiger charge is 2.16. The molecule has 0 aliphatic heterocycles. The zero-order valence-corrected chi connectivity index (χ0v) is 18.7. The van der Waals surface area contributed by atoms with Crippen LogP contribution in [0.4, 0.5) is 0 Å². The largest absolute Gasteiger partial charge is 0.493 e. The van der Waals surface area contributed by atoms with Crippen LogP contribution in [0.25, 0.3) is 21.2 Å². The van der Waals surface area contributed by atoms with Crippen molar-refractivity contribution in [2.24, 2.45) is 4.99 Å². The summed E-state index contributed by atoms with van der Waals surface area (Å²) < 4.78 is 42.5. The summed E-state index contributed by atoms with van der Waals surface area (Å²) in [6.45, 7) is 0.859. The zero-order chi connectivity index (χ0) is 22.2. The van der Waals surface area contributed by atoms with Crippen LogP contribution in [0.1, 0.15) is 10.6 Å². The van der Waals surface area contributed by atoms with E-state index < -0.39 is 15.7 Å². The Bertz CT molecular complexity index is 1460. The van der Waals surface area contributed by atoms with E-state index in [-0.39, 0.29) is 10.7 Å². The molecule has 2 heterocycles. The van der Waals surface area contributed by atoms with Gasteiger partial charge in [0.1, 0.15) is 0 Å². The summed E-state index contributed by atoms with van der Waals surface area (Å²) in [5.41, 5.74) is 1.25. The molecule has 0 saturated carbocycles. The molecule has 0 N–H and O–H groups in total. The van der Waals surface area contributed by atoms with E-state index in [4.69, 9.17) is 13.9 Å². The molecule has 0 spiro atoms. The maximum absolute atomic E-state index is 12.9. The average molecular weight is 461 g/mol. The molecule has 162 valence electrons. The lowest BCUT2D eigenvalue weighted by Crippen LogP contribution is -2.19. The third-order valence-electron chi connectivity index (χ3n) is 4.74. The number of thiazole rings is 1. The third kappa shape index (κ3) is 4.14. The lowest BCUT2D eigenvalue weighted by molar-refractivity contribution is 0.0973. The van der Waals surface area contributed by atoms with Crippen LogP contribution >= 0.6 is 11.3 Å². The van der Waals surface area contributed by atoms with Gasteiger partial charge in [0, 0.05) is 25.3 Å². The number of nitrogens with zero attached hydrogens (tertiary/aromatic N) is 2. The Morgan fingerprint density at radius 1 is 1.19 bits per heavy atom. The predicted octanol–water partition coefficient (Wildman–Crippen LogP) is 3.25. The third-order valence-corrected chi connectivity index (χ3v) is 6.89. The van der Waals surface area contributed by atoms with E-state index in [0.717, 1.165) is 17.2 Å². The summed E-state index contributed by atoms with van der Waals surface area (Å²) in [4.78, 5) is 17.8. The van der Waals surface area contributed by atoms with E-state index in [2.05, 4.69) is 4.99 Å². The second kappa shape index (κ2) is 8.29. The first kappa shape index (κ1) is 21.3. The predicted molar refractivity (Wildman–Crippen MR) is 117 cm³/mol. The molecule has 2 aromatic carbocycles. The number of methoxy groups -OCH3 is 2. The number of fused-ring (bicyclic) bond motifs is 2. The minimum absolute atomic E-state index is 0.0899. The number of carbonyl (C=O) groups is 1. The van der Waals surface area contributed by atoms with Crippen molar-refractivity contribution in [1.82, 2.24) is 4.57 Å². The molecule has 0 fully saturated rings. The molecular formula is C21H20N2O6S2. The highest BCUT2D eigenvalue weighted by Crippen LogP contribution is 2.29. The lowest BCUT2D eigenvalue weighted by Gasteiger charge is -2.04. The van der Waals surface area contributed by atoms with Crippen molar-refractivity contribution in [2.75, 3.05) is 27.1 Å². The fraction of sp³-hybridized carbons (Fsp3) is 0.238. The molecule has 2 aromatic heterocycles. The van der Waals surface area contributed by atoms with Gasteiger partial charge in [0.2, 0.25) is 0 Å². The van der Waals surface area contributed by atoms with Crippen molar-refractivity contribution in [3.8, 4) is 5.75 Å². The summed E-state index contributed by atoms with van der Waals surface area (Å²) in [6.07, 6.45) is 1.16. The molecule has 0 radical (unpaired) electrons. The lowest BCUT2D eigenvalue weighted by atomic mass is 10.2. The molecular weight excluding hydrogens is 440 g/mol. The van der Waals surface area contributed by atoms with Gasteiger partial charge in [0.15, 0.2) is 31.7 Å². The molecule has 0 aliphatic carbocycles. The van der Waals surface area contributed by atoms with Crippen LogP contribution in [0.2, 0.25) is 0 Å². The number of aromatic nitrogens is 1. The number of hydrogen-bond acceptors (Lipinski definition) is 7. The Balaban J connectivity index is 1.84. The van der Waals surface area contributed by atoms with Crippen molar-refractivity contribution in [3.05, 3.63) is 53.0 Å². The molecule has 8 nitrogen and oxygen atoms in total. The molecule has 0 saturated heterocycles. The number of para-hydroxylation sites is 1. The van der Waals surface area contributed by atoms with Gasteiger partial charge in [-0.25, -0.2) is 8.42 Å². The SMILES string of the molecule is COCCn1c(=NC(=O)c2cc3cccc(OC)c3o2)sc2cc(S(C)(=O)=O)ccc21. The van der Waals surface area contributed by atoms with Gasteiger partial charge < -0.3 is 18.5 Å². The van der Waals surface area contributed by atoms with Crippen LogP contribution in [0, 0.1) is 0 Å². The maximum atomic E-state index is 12.9.